The molecule has 0 saturated carbocycles. The highest BCUT2D eigenvalue weighted by Gasteiger charge is 1.76. The Kier molecular flexibility index (Phi) is 1.53. The second-order valence-corrected chi connectivity index (χ2v) is 1.85. The second-order valence-electron chi connectivity index (χ2n) is 1.85. The Balaban J connectivity index is 3.17. The van der Waals surface area contributed by atoms with Crippen molar-refractivity contribution < 1.29 is 0 Å². The minimum Gasteiger partial charge on any atom is -0.357 e. The minimum absolute atomic E-state index is 0.799. The van der Waals surface area contributed by atoms with Gasteiger partial charge < -0.3 is 10.4 Å². The fourth-order valence-corrected chi connectivity index (χ4v) is 0.579. The first-order chi connectivity index (χ1) is 4.33. The molecule has 0 spiro atoms. The Morgan fingerprint density at radius 3 is 2.44 bits per heavy atom. The van der Waals surface area contributed by atoms with E-state index in [9.17, 15) is 0 Å². The monoisotopic (exact) mass is 123 g/mol. The van der Waals surface area contributed by atoms with Gasteiger partial charge in [0.05, 0.1) is 5.36 Å². The number of hydrogen-bond acceptors (Lipinski definition) is 2. The molecule has 0 fully saturated rings. The van der Waals surface area contributed by atoms with Gasteiger partial charge in [-0.2, -0.15) is 5.10 Å². The summed E-state index contributed by atoms with van der Waals surface area (Å²) in [5.41, 5.74) is 0. The van der Waals surface area contributed by atoms with Gasteiger partial charge in [-0.15, -0.1) is 0 Å². The summed E-state index contributed by atoms with van der Waals surface area (Å²) in [5, 5.41) is 4.30. The summed E-state index contributed by atoms with van der Waals surface area (Å²) in [6.45, 7) is 0. The van der Waals surface area contributed by atoms with Gasteiger partial charge in [-0.1, -0.05) is 0 Å². The molecular weight excluding hydrogens is 114 g/mol. The number of aryl methyl sites for hydroxylation is 1. The van der Waals surface area contributed by atoms with Gasteiger partial charge in [0.15, 0.2) is 0 Å². The molecule has 1 rings (SSSR count). The average molecular weight is 123 g/mol. The van der Waals surface area contributed by atoms with Crippen molar-refractivity contribution in [3.8, 4) is 0 Å². The number of nitrogens with zero attached hydrogens (tertiary/aromatic N) is 2. The Bertz CT molecular complexity index is 228. The van der Waals surface area contributed by atoms with Gasteiger partial charge >= 0.3 is 0 Å². The summed E-state index contributed by atoms with van der Waals surface area (Å²) in [4.78, 5) is 0. The van der Waals surface area contributed by atoms with Crippen LogP contribution < -0.4 is 11.2 Å². The fourth-order valence-electron chi connectivity index (χ4n) is 0.579. The van der Waals surface area contributed by atoms with E-state index in [2.05, 4.69) is 5.10 Å². The lowest BCUT2D eigenvalue weighted by Gasteiger charge is -1.92. The smallest absolute Gasteiger partial charge is 0.0855 e. The first-order valence-electron chi connectivity index (χ1n) is 2.69. The highest BCUT2D eigenvalue weighted by atomic mass is 15.1. The van der Waals surface area contributed by atoms with E-state index in [1.54, 1.807) is 0 Å². The predicted molar refractivity (Wildman–Crippen MR) is 35.2 cm³/mol. The van der Waals surface area contributed by atoms with Crippen molar-refractivity contribution >= 4 is 0 Å². The molecule has 0 aliphatic carbocycles. The standard InChI is InChI=1S/C6H9N3/c1-9-4-2-6(8-7)3-5-9/h2-5H,7H2,1H3. The molecule has 0 unspecified atom stereocenters. The molecule has 0 saturated heterocycles. The van der Waals surface area contributed by atoms with Gasteiger partial charge in [-0.05, 0) is 12.1 Å². The lowest BCUT2D eigenvalue weighted by atomic mass is 10.5. The van der Waals surface area contributed by atoms with Crippen molar-refractivity contribution in [1.29, 1.82) is 0 Å². The van der Waals surface area contributed by atoms with E-state index in [-0.39, 0.29) is 0 Å². The molecule has 1 heterocycles. The average Bonchev–Trinajstić information content (AvgIpc) is 1.90. The molecule has 48 valence electrons. The van der Waals surface area contributed by atoms with Crippen molar-refractivity contribution in [3.63, 3.8) is 0 Å². The van der Waals surface area contributed by atoms with Gasteiger partial charge in [0.25, 0.3) is 0 Å². The van der Waals surface area contributed by atoms with E-state index in [0.717, 1.165) is 5.36 Å². The number of nitrogens with two attached hydrogens (primary N) is 1. The summed E-state index contributed by atoms with van der Waals surface area (Å²) < 4.78 is 1.93. The highest BCUT2D eigenvalue weighted by Crippen LogP contribution is 1.74. The third-order valence-corrected chi connectivity index (χ3v) is 1.11. The molecular formula is C6H9N3. The van der Waals surface area contributed by atoms with Gasteiger partial charge in [0, 0.05) is 19.4 Å². The molecule has 2 N–H and O–H groups in total. The first-order valence-corrected chi connectivity index (χ1v) is 2.69. The van der Waals surface area contributed by atoms with Crippen LogP contribution in [0.25, 0.3) is 0 Å². The second kappa shape index (κ2) is 2.35. The van der Waals surface area contributed by atoms with Crippen molar-refractivity contribution in [3.05, 3.63) is 29.9 Å². The molecule has 0 bridgehead atoms. The highest BCUT2D eigenvalue weighted by molar-refractivity contribution is 4.91. The quantitative estimate of drug-likeness (QED) is 0.377. The molecule has 0 aliphatic rings. The molecule has 3 heteroatoms. The molecule has 1 aromatic heterocycles. The van der Waals surface area contributed by atoms with Crippen LogP contribution in [-0.4, -0.2) is 4.57 Å². The van der Waals surface area contributed by atoms with Crippen LogP contribution in [0.5, 0.6) is 0 Å². The first kappa shape index (κ1) is 5.88. The van der Waals surface area contributed by atoms with Crippen molar-refractivity contribution in [2.45, 2.75) is 0 Å². The van der Waals surface area contributed by atoms with Crippen molar-refractivity contribution in [2.75, 3.05) is 0 Å². The molecule has 0 radical (unpaired) electrons. The zero-order valence-corrected chi connectivity index (χ0v) is 5.28. The summed E-state index contributed by atoms with van der Waals surface area (Å²) in [6, 6.07) is 3.69. The number of rotatable bonds is 0. The van der Waals surface area contributed by atoms with Gasteiger partial charge in [0.1, 0.15) is 0 Å². The van der Waals surface area contributed by atoms with Crippen LogP contribution in [0.3, 0.4) is 0 Å². The molecule has 0 aromatic carbocycles. The Morgan fingerprint density at radius 1 is 1.44 bits per heavy atom. The van der Waals surface area contributed by atoms with Gasteiger partial charge in [-0.3, -0.25) is 0 Å². The molecule has 1 aromatic rings. The Hall–Kier alpha value is -1.25. The molecule has 0 amide bonds. The number of aromatic nitrogens is 1. The topological polar surface area (TPSA) is 43.3 Å². The predicted octanol–water partition coefficient (Wildman–Crippen LogP) is -0.201. The summed E-state index contributed by atoms with van der Waals surface area (Å²) in [5.74, 6) is 5.02. The van der Waals surface area contributed by atoms with E-state index in [0.29, 0.717) is 0 Å². The minimum atomic E-state index is 0.799. The molecule has 3 nitrogen and oxygen atoms in total. The van der Waals surface area contributed by atoms with Gasteiger partial charge in [0.2, 0.25) is 0 Å². The van der Waals surface area contributed by atoms with E-state index in [1.807, 2.05) is 36.1 Å². The van der Waals surface area contributed by atoms with Crippen LogP contribution >= 0.6 is 0 Å². The molecule has 0 aliphatic heterocycles. The number of hydrogen-bond donors (Lipinski definition) is 1. The summed E-state index contributed by atoms with van der Waals surface area (Å²) in [7, 11) is 1.94. The van der Waals surface area contributed by atoms with E-state index < -0.39 is 0 Å². The van der Waals surface area contributed by atoms with Crippen LogP contribution in [0.1, 0.15) is 0 Å². The van der Waals surface area contributed by atoms with Crippen molar-refractivity contribution in [1.82, 2.24) is 4.57 Å². The van der Waals surface area contributed by atoms with Crippen LogP contribution in [0.4, 0.5) is 0 Å². The van der Waals surface area contributed by atoms with Crippen LogP contribution in [0.15, 0.2) is 29.6 Å². The Morgan fingerprint density at radius 2 is 2.00 bits per heavy atom. The Labute approximate surface area is 53.4 Å². The summed E-state index contributed by atoms with van der Waals surface area (Å²) in [6.07, 6.45) is 3.79. The number of pyridine rings is 1. The van der Waals surface area contributed by atoms with E-state index in [4.69, 9.17) is 5.84 Å². The van der Waals surface area contributed by atoms with Gasteiger partial charge in [-0.25, -0.2) is 0 Å². The fraction of sp³-hybridized carbons (Fsp3) is 0.167. The lowest BCUT2D eigenvalue weighted by molar-refractivity contribution is 0.894. The SMILES string of the molecule is Cn1ccc(=NN)cc1. The third-order valence-electron chi connectivity index (χ3n) is 1.11. The van der Waals surface area contributed by atoms with E-state index in [1.165, 1.54) is 0 Å². The maximum absolute atomic E-state index is 5.02. The molecule has 9 heavy (non-hydrogen) atoms. The van der Waals surface area contributed by atoms with Crippen LogP contribution in [0.2, 0.25) is 0 Å². The summed E-state index contributed by atoms with van der Waals surface area (Å²) >= 11 is 0. The zero-order valence-electron chi connectivity index (χ0n) is 5.28. The maximum Gasteiger partial charge on any atom is 0.0855 e. The normalized spacial score (nSPS) is 9.00. The lowest BCUT2D eigenvalue weighted by Crippen LogP contribution is -2.05. The van der Waals surface area contributed by atoms with Crippen molar-refractivity contribution in [2.24, 2.45) is 18.0 Å². The zero-order chi connectivity index (χ0) is 6.69. The van der Waals surface area contributed by atoms with Crippen LogP contribution in [-0.2, 0) is 7.05 Å². The van der Waals surface area contributed by atoms with E-state index >= 15 is 0 Å². The van der Waals surface area contributed by atoms with Crippen LogP contribution in [0, 0.1) is 0 Å². The third kappa shape index (κ3) is 1.32. The molecule has 0 atom stereocenters. The largest absolute Gasteiger partial charge is 0.357 e. The maximum atomic E-state index is 5.02.